The van der Waals surface area contributed by atoms with Crippen LogP contribution < -0.4 is 48.3 Å². The van der Waals surface area contributed by atoms with Gasteiger partial charge in [-0.2, -0.15) is 0 Å². The highest BCUT2D eigenvalue weighted by atomic mass is 16.2. The molecule has 10 N–H and O–H groups in total. The fraction of sp³-hybridized carbons (Fsp3) is 0.513. The molecule has 10 heterocycles. The van der Waals surface area contributed by atoms with E-state index < -0.39 is 0 Å². The maximum Gasteiger partial charge on any atom is 0.254 e. The molecule has 2 saturated carbocycles. The standard InChI is InChI=1S/C18H27N3.2C17H25N3.2C16H23N3.C16H25N3.C13H18N2O/c1-18(2,3)19-16-6-7-17-15(14-16)8-11-21(17)13-12-20-9-4-5-10-20;1-16(2,3)19-14-5-6-15-13(11-14)7-10-20(15)12-17(18-4)8-9-17;1-17(2,3)18-15-5-6-16-14(13-15)7-10-20(16)12-11-19-8-4-9-19;1-16(2,3)17-13-5-6-15-12(9-13)10-14-11-18(4)7-8-19(14)15;1-15(2,3)18-13-4-5-14-12(10-13)6-9-19(14)11-16(17)7-8-16;1-16(2,3)17-14-6-7-15-13(12-14)8-9-19(15)11-10-18(4)5;1-13(2,3)14-10-5-6-11-9(7-10)8-15(4)12(11)16/h6-8,11,14,19H,4-5,9-10,12-13H2,1-3H3;5-7,10-11,18-19H,8-9,12H2,1-4H3;5-7,10,13,18H,4,8-9,11-12H2,1-3H3;5-6,9-10,17H,7-8,11H2,1-4H3;4-6,9-10,18H,7-8,11,17H2,1-3H3;6-9,12,17H,10-11H2,1-5H3;5-7,14H,8H2,1-4H3. The number of aromatic nitrogens is 6. The summed E-state index contributed by atoms with van der Waals surface area (Å²) in [5, 5.41) is 35.9. The van der Waals surface area contributed by atoms with Crippen molar-refractivity contribution >= 4 is 111 Å². The number of carbonyl (C=O) groups excluding carboxylic acids is 1. The van der Waals surface area contributed by atoms with Crippen molar-refractivity contribution in [2.75, 3.05) is 125 Å². The number of likely N-dealkylation sites (N-methyl/N-ethyl adjacent to an activating group) is 3. The summed E-state index contributed by atoms with van der Waals surface area (Å²) in [4.78, 5) is 23.1. The van der Waals surface area contributed by atoms with E-state index in [-0.39, 0.29) is 50.2 Å². The average Bonchev–Trinajstić information content (AvgIpc) is 1.28. The maximum atomic E-state index is 11.7. The Hall–Kier alpha value is -10.4. The van der Waals surface area contributed by atoms with Gasteiger partial charge >= 0.3 is 0 Å². The molecule has 21 heteroatoms. The number of nitrogens with one attached hydrogen (secondary N) is 8. The Kier molecular flexibility index (Phi) is 31.4. The summed E-state index contributed by atoms with van der Waals surface area (Å²) in [6, 6.07) is 59.2. The first kappa shape index (κ1) is 101. The summed E-state index contributed by atoms with van der Waals surface area (Å²) < 4.78 is 14.2. The molecule has 2 saturated heterocycles. The molecule has 13 aromatic rings. The third-order valence-electron chi connectivity index (χ3n) is 25.2. The highest BCUT2D eigenvalue weighted by Crippen LogP contribution is 2.40. The molecule has 4 aliphatic heterocycles. The Morgan fingerprint density at radius 3 is 1.01 bits per heavy atom. The predicted octanol–water partition coefficient (Wildman–Crippen LogP) is 23.6. The Morgan fingerprint density at radius 1 is 0.343 bits per heavy atom. The molecular formula is C113H166N20O. The van der Waals surface area contributed by atoms with Crippen molar-refractivity contribution in [3.8, 4) is 0 Å². The maximum absolute atomic E-state index is 11.7. The van der Waals surface area contributed by atoms with Gasteiger partial charge < -0.3 is 95.3 Å². The summed E-state index contributed by atoms with van der Waals surface area (Å²) in [6.45, 7) is 63.4. The Labute approximate surface area is 803 Å². The SMILES string of the molecule is CC(C)(C)Nc1ccc2c(ccn2CC2(N)CC2)c1.CC(C)(C)Nc1ccc2c(ccn2CCN2CCC2)c1.CC(C)(C)Nc1ccc2c(ccn2CCN2CCCC2)c1.CN(C)CCn1ccc2cc(NC(C)(C)C)ccc21.CN1CCn2c(cc3cc(NC(C)(C)C)ccc32)C1.CN1Cc2cc(NC(C)(C)C)ccc2C1=O.CNC1(Cn2ccc3cc(NC(C)(C)C)ccc32)CC1. The number of hydrogen-bond donors (Lipinski definition) is 9. The van der Waals surface area contributed by atoms with Crippen LogP contribution in [-0.2, 0) is 52.4 Å². The molecule has 0 radical (unpaired) electrons. The first-order valence-corrected chi connectivity index (χ1v) is 49.6. The van der Waals surface area contributed by atoms with Crippen LogP contribution in [0.15, 0.2) is 195 Å². The van der Waals surface area contributed by atoms with Gasteiger partial charge in [-0.05, 0) is 414 Å². The lowest BCUT2D eigenvalue weighted by Gasteiger charge is -2.30. The van der Waals surface area contributed by atoms with Gasteiger partial charge in [-0.3, -0.25) is 9.69 Å². The molecule has 134 heavy (non-hydrogen) atoms. The number of benzene rings is 7. The van der Waals surface area contributed by atoms with Crippen LogP contribution >= 0.6 is 0 Å². The van der Waals surface area contributed by atoms with Gasteiger partial charge in [-0.1, -0.05) is 0 Å². The van der Waals surface area contributed by atoms with Crippen LogP contribution in [0.2, 0.25) is 0 Å². The van der Waals surface area contributed by atoms with E-state index in [0.717, 1.165) is 88.6 Å². The van der Waals surface area contributed by atoms with Gasteiger partial charge in [0, 0.05) is 283 Å². The van der Waals surface area contributed by atoms with Gasteiger partial charge in [0.15, 0.2) is 0 Å². The Morgan fingerprint density at radius 2 is 0.672 bits per heavy atom. The first-order valence-electron chi connectivity index (χ1n) is 49.6. The minimum atomic E-state index is 0.0444. The zero-order valence-electron chi connectivity index (χ0n) is 86.6. The largest absolute Gasteiger partial charge is 0.380 e. The van der Waals surface area contributed by atoms with E-state index >= 15 is 0 Å². The van der Waals surface area contributed by atoms with Crippen LogP contribution in [0.1, 0.15) is 212 Å². The number of anilines is 7. The smallest absolute Gasteiger partial charge is 0.254 e. The molecule has 6 aromatic heterocycles. The van der Waals surface area contributed by atoms with Gasteiger partial charge in [0.2, 0.25) is 0 Å². The molecule has 0 atom stereocenters. The van der Waals surface area contributed by atoms with E-state index in [1.807, 2.05) is 19.2 Å². The van der Waals surface area contributed by atoms with Crippen molar-refractivity contribution < 1.29 is 4.79 Å². The first-order chi connectivity index (χ1) is 62.9. The second-order valence-electron chi connectivity index (χ2n) is 46.7. The minimum Gasteiger partial charge on any atom is -0.380 e. The van der Waals surface area contributed by atoms with Crippen LogP contribution in [0.4, 0.5) is 39.8 Å². The highest BCUT2D eigenvalue weighted by Gasteiger charge is 2.42. The molecule has 6 aliphatic rings. The van der Waals surface area contributed by atoms with E-state index in [2.05, 4.69) is 446 Å². The third-order valence-corrected chi connectivity index (χ3v) is 25.2. The molecular weight excluding hydrogens is 1650 g/mol. The number of amides is 1. The number of likely N-dealkylation sites (tertiary alicyclic amines) is 2. The van der Waals surface area contributed by atoms with Crippen molar-refractivity contribution in [2.45, 2.75) is 293 Å². The minimum absolute atomic E-state index is 0.0444. The lowest BCUT2D eigenvalue weighted by atomic mass is 10.1. The monoisotopic (exact) mass is 1820 g/mol. The van der Waals surface area contributed by atoms with Crippen LogP contribution in [0.3, 0.4) is 0 Å². The molecule has 0 unspecified atom stereocenters. The van der Waals surface area contributed by atoms with E-state index in [1.165, 1.54) is 177 Å². The fourth-order valence-corrected chi connectivity index (χ4v) is 18.3. The van der Waals surface area contributed by atoms with Crippen molar-refractivity contribution in [1.82, 2.24) is 57.2 Å². The predicted molar refractivity (Wildman–Crippen MR) is 576 cm³/mol. The highest BCUT2D eigenvalue weighted by molar-refractivity contribution is 5.99. The second-order valence-corrected chi connectivity index (χ2v) is 46.7. The number of fused-ring (bicyclic) bond motifs is 9. The van der Waals surface area contributed by atoms with Crippen LogP contribution in [0.25, 0.3) is 65.4 Å². The summed E-state index contributed by atoms with van der Waals surface area (Å²) in [5.74, 6) is 0.123. The molecule has 7 aromatic carbocycles. The summed E-state index contributed by atoms with van der Waals surface area (Å²) >= 11 is 0. The van der Waals surface area contributed by atoms with Crippen molar-refractivity contribution in [2.24, 2.45) is 5.73 Å². The molecule has 19 rings (SSSR count). The van der Waals surface area contributed by atoms with E-state index in [0.29, 0.717) is 12.1 Å². The van der Waals surface area contributed by atoms with Crippen molar-refractivity contribution in [3.05, 3.63) is 212 Å². The molecule has 2 aliphatic carbocycles. The second kappa shape index (κ2) is 41.7. The summed E-state index contributed by atoms with van der Waals surface area (Å²) in [5.41, 5.74) is 26.8. The molecule has 1 amide bonds. The lowest BCUT2D eigenvalue weighted by Crippen LogP contribution is -2.39. The topological polar surface area (TPSA) is 185 Å². The number of nitrogens with zero attached hydrogens (tertiary/aromatic N) is 11. The zero-order valence-corrected chi connectivity index (χ0v) is 86.6. The van der Waals surface area contributed by atoms with Crippen LogP contribution in [-0.4, -0.2) is 195 Å². The van der Waals surface area contributed by atoms with E-state index in [1.54, 1.807) is 4.90 Å². The molecule has 0 bridgehead atoms. The molecule has 0 spiro atoms. The molecule has 724 valence electrons. The van der Waals surface area contributed by atoms with Gasteiger partial charge in [0.25, 0.3) is 5.91 Å². The van der Waals surface area contributed by atoms with Gasteiger partial charge in [-0.25, -0.2) is 0 Å². The Balaban J connectivity index is 0.000000133. The molecule has 21 nitrogen and oxygen atoms in total. The van der Waals surface area contributed by atoms with Gasteiger partial charge in [0.05, 0.1) is 0 Å². The zero-order chi connectivity index (χ0) is 96.7. The molecule has 4 fully saturated rings. The van der Waals surface area contributed by atoms with Gasteiger partial charge in [0.1, 0.15) is 0 Å². The number of carbonyl (C=O) groups is 1. The lowest BCUT2D eigenvalue weighted by molar-refractivity contribution is 0.0816. The third kappa shape index (κ3) is 29.6. The van der Waals surface area contributed by atoms with E-state index in [4.69, 9.17) is 5.73 Å². The number of hydrogen-bond acceptors (Lipinski definition) is 14. The van der Waals surface area contributed by atoms with Gasteiger partial charge in [-0.15, -0.1) is 0 Å². The summed E-state index contributed by atoms with van der Waals surface area (Å²) in [6.07, 6.45) is 20.0. The normalized spacial score (nSPS) is 16.1. The quantitative estimate of drug-likeness (QED) is 0.0331. The Bertz CT molecular complexity index is 6050. The summed E-state index contributed by atoms with van der Waals surface area (Å²) in [7, 11) is 10.3. The van der Waals surface area contributed by atoms with Crippen LogP contribution in [0.5, 0.6) is 0 Å². The van der Waals surface area contributed by atoms with Crippen LogP contribution in [0, 0.1) is 0 Å². The average molecular weight is 1820 g/mol. The fourth-order valence-electron chi connectivity index (χ4n) is 18.3. The number of rotatable bonds is 21. The number of nitrogens with two attached hydrogens (primary N) is 1. The van der Waals surface area contributed by atoms with Crippen molar-refractivity contribution in [3.63, 3.8) is 0 Å². The van der Waals surface area contributed by atoms with E-state index in [9.17, 15) is 4.79 Å². The van der Waals surface area contributed by atoms with Crippen molar-refractivity contribution in [1.29, 1.82) is 0 Å².